The molecule has 3 heterocycles. The molecule has 0 aliphatic heterocycles. The molecule has 2 aromatic carbocycles. The number of hydrogen-bond donors (Lipinski definition) is 2. The molecule has 1 aliphatic rings. The van der Waals surface area contributed by atoms with Crippen LogP contribution in [-0.2, 0) is 5.54 Å². The maximum Gasteiger partial charge on any atom is 0.263 e. The lowest BCUT2D eigenvalue weighted by Crippen LogP contribution is -2.26. The molecule has 0 amide bonds. The zero-order chi connectivity index (χ0) is 30.4. The summed E-state index contributed by atoms with van der Waals surface area (Å²) in [5.41, 5.74) is 2.19. The quantitative estimate of drug-likeness (QED) is 0.213. The summed E-state index contributed by atoms with van der Waals surface area (Å²) >= 11 is 0. The van der Waals surface area contributed by atoms with E-state index in [9.17, 15) is 19.3 Å². The highest BCUT2D eigenvalue weighted by Crippen LogP contribution is 2.48. The van der Waals surface area contributed by atoms with E-state index in [-0.39, 0.29) is 5.41 Å². The van der Waals surface area contributed by atoms with Crippen LogP contribution in [0, 0.1) is 28.1 Å². The minimum Gasteiger partial charge on any atom is -0.383 e. The second-order valence-corrected chi connectivity index (χ2v) is 12.1. The van der Waals surface area contributed by atoms with E-state index in [2.05, 4.69) is 63.8 Å². The number of fused-ring (bicyclic) bond motifs is 2. The van der Waals surface area contributed by atoms with Gasteiger partial charge in [-0.15, -0.1) is 5.10 Å². The first kappa shape index (κ1) is 28.0. The molecule has 0 spiro atoms. The molecule has 0 radical (unpaired) electrons. The third-order valence-electron chi connectivity index (χ3n) is 7.78. The molecule has 1 saturated carbocycles. The Morgan fingerprint density at radius 1 is 1.05 bits per heavy atom. The molecule has 1 fully saturated rings. The Kier molecular flexibility index (Phi) is 6.89. The molecule has 6 rings (SSSR count). The van der Waals surface area contributed by atoms with Crippen LogP contribution in [0.4, 0.5) is 20.2 Å². The van der Waals surface area contributed by atoms with Crippen LogP contribution in [0.1, 0.15) is 62.0 Å². The molecule has 0 saturated heterocycles. The van der Waals surface area contributed by atoms with Crippen molar-refractivity contribution in [1.29, 1.82) is 10.5 Å². The van der Waals surface area contributed by atoms with Crippen LogP contribution < -0.4 is 10.6 Å². The molecule has 0 bridgehead atoms. The van der Waals surface area contributed by atoms with Crippen LogP contribution in [0.2, 0.25) is 0 Å². The average molecular weight is 578 g/mol. The van der Waals surface area contributed by atoms with Crippen molar-refractivity contribution in [2.24, 2.45) is 5.41 Å². The van der Waals surface area contributed by atoms with Gasteiger partial charge in [-0.1, -0.05) is 44.2 Å². The molecule has 0 unspecified atom stereocenters. The Labute approximate surface area is 247 Å². The number of alkyl halides is 2. The van der Waals surface area contributed by atoms with Gasteiger partial charge in [0.2, 0.25) is 0 Å². The minimum atomic E-state index is -2.56. The summed E-state index contributed by atoms with van der Waals surface area (Å²) < 4.78 is 29.2. The number of aromatic nitrogens is 5. The number of nitrogens with one attached hydrogen (secondary N) is 2. The zero-order valence-corrected chi connectivity index (χ0v) is 23.9. The van der Waals surface area contributed by atoms with E-state index in [0.29, 0.717) is 58.5 Å². The largest absolute Gasteiger partial charge is 0.383 e. The van der Waals surface area contributed by atoms with Gasteiger partial charge < -0.3 is 10.6 Å². The van der Waals surface area contributed by atoms with E-state index in [1.165, 1.54) is 10.9 Å². The van der Waals surface area contributed by atoms with E-state index in [1.807, 2.05) is 30.3 Å². The number of rotatable bonds is 8. The summed E-state index contributed by atoms with van der Waals surface area (Å²) in [4.78, 5) is 8.68. The molecule has 5 aromatic rings. The number of nitrogens with zero attached hydrogens (tertiary/aromatic N) is 7. The lowest BCUT2D eigenvalue weighted by Gasteiger charge is -2.23. The van der Waals surface area contributed by atoms with Gasteiger partial charge in [-0.05, 0) is 47.4 Å². The SMILES string of the molecule is CC(C)(C)CNc1c(C#N)cnc2c(C#N)cc(N[C@H](c3cn(C4(C(F)F)CC4)nn3)c3cccc4cnccc34)cc12. The second-order valence-electron chi connectivity index (χ2n) is 12.1. The van der Waals surface area contributed by atoms with Gasteiger partial charge in [-0.3, -0.25) is 9.97 Å². The Bertz CT molecular complexity index is 1920. The molecule has 1 atom stereocenters. The molecule has 43 heavy (non-hydrogen) atoms. The summed E-state index contributed by atoms with van der Waals surface area (Å²) in [7, 11) is 0. The van der Waals surface area contributed by atoms with Crippen molar-refractivity contribution in [3.8, 4) is 12.1 Å². The van der Waals surface area contributed by atoms with Gasteiger partial charge in [-0.25, -0.2) is 13.5 Å². The lowest BCUT2D eigenvalue weighted by molar-refractivity contribution is 0.0593. The van der Waals surface area contributed by atoms with Gasteiger partial charge in [0.25, 0.3) is 6.43 Å². The summed E-state index contributed by atoms with van der Waals surface area (Å²) in [6.07, 6.45) is 4.62. The van der Waals surface area contributed by atoms with Crippen molar-refractivity contribution in [3.63, 3.8) is 0 Å². The van der Waals surface area contributed by atoms with E-state index in [4.69, 9.17) is 0 Å². The molecule has 11 heteroatoms. The zero-order valence-electron chi connectivity index (χ0n) is 23.9. The number of pyridine rings is 2. The van der Waals surface area contributed by atoms with E-state index in [1.54, 1.807) is 24.7 Å². The predicted molar refractivity (Wildman–Crippen MR) is 160 cm³/mol. The van der Waals surface area contributed by atoms with Crippen LogP contribution in [0.3, 0.4) is 0 Å². The molecule has 1 aliphatic carbocycles. The van der Waals surface area contributed by atoms with Crippen LogP contribution >= 0.6 is 0 Å². The second kappa shape index (κ2) is 10.6. The molecule has 2 N–H and O–H groups in total. The van der Waals surface area contributed by atoms with E-state index < -0.39 is 18.0 Å². The topological polar surface area (TPSA) is 128 Å². The fourth-order valence-electron chi connectivity index (χ4n) is 5.28. The van der Waals surface area contributed by atoms with Crippen molar-refractivity contribution < 1.29 is 8.78 Å². The molecular formula is C32H29F2N9. The molecule has 9 nitrogen and oxygen atoms in total. The van der Waals surface area contributed by atoms with Gasteiger partial charge in [0.15, 0.2) is 0 Å². The third-order valence-corrected chi connectivity index (χ3v) is 7.78. The summed E-state index contributed by atoms with van der Waals surface area (Å²) in [5.74, 6) is 0. The number of nitriles is 2. The van der Waals surface area contributed by atoms with Crippen LogP contribution in [0.5, 0.6) is 0 Å². The van der Waals surface area contributed by atoms with Gasteiger partial charge in [0.05, 0.1) is 34.6 Å². The first-order valence-corrected chi connectivity index (χ1v) is 13.9. The van der Waals surface area contributed by atoms with Gasteiger partial charge in [0, 0.05) is 41.6 Å². The van der Waals surface area contributed by atoms with Crippen LogP contribution in [0.15, 0.2) is 61.2 Å². The Morgan fingerprint density at radius 3 is 2.53 bits per heavy atom. The molecule has 3 aromatic heterocycles. The fraction of sp³-hybridized carbons (Fsp3) is 0.312. The first-order chi connectivity index (χ1) is 20.6. The normalized spacial score (nSPS) is 14.8. The Morgan fingerprint density at radius 2 is 1.84 bits per heavy atom. The number of hydrogen-bond acceptors (Lipinski definition) is 8. The van der Waals surface area contributed by atoms with Gasteiger partial charge >= 0.3 is 0 Å². The standard InChI is InChI=1S/C32H29F2N9/c1-31(2,3)18-39-28-21(14-36)16-38-27-20(13-35)11-22(12-25(27)28)40-29(24-6-4-5-19-15-37-10-7-23(19)24)26-17-43(42-41-26)32(8-9-32)30(33)34/h4-7,10-12,15-17,29-30,40H,8-9,18H2,1-3H3,(H,38,39)/t29-/m0/s1. The highest BCUT2D eigenvalue weighted by atomic mass is 19.3. The highest BCUT2D eigenvalue weighted by Gasteiger charge is 2.54. The van der Waals surface area contributed by atoms with Crippen molar-refractivity contribution in [3.05, 3.63) is 83.6 Å². The Balaban J connectivity index is 1.51. The van der Waals surface area contributed by atoms with Crippen LogP contribution in [-0.4, -0.2) is 37.9 Å². The highest BCUT2D eigenvalue weighted by molar-refractivity contribution is 5.99. The fourth-order valence-corrected chi connectivity index (χ4v) is 5.28. The van der Waals surface area contributed by atoms with Crippen molar-refractivity contribution in [2.45, 2.75) is 51.6 Å². The first-order valence-electron chi connectivity index (χ1n) is 13.9. The van der Waals surface area contributed by atoms with E-state index >= 15 is 0 Å². The maximum absolute atomic E-state index is 13.9. The van der Waals surface area contributed by atoms with Gasteiger partial charge in [-0.2, -0.15) is 10.5 Å². The molecular weight excluding hydrogens is 548 g/mol. The molecule has 216 valence electrons. The van der Waals surface area contributed by atoms with Gasteiger partial charge in [0.1, 0.15) is 23.4 Å². The van der Waals surface area contributed by atoms with Crippen molar-refractivity contribution >= 4 is 33.1 Å². The maximum atomic E-state index is 13.9. The minimum absolute atomic E-state index is 0.0759. The summed E-state index contributed by atoms with van der Waals surface area (Å²) in [5, 5.41) is 37.8. The average Bonchev–Trinajstić information content (AvgIpc) is 3.67. The third kappa shape index (κ3) is 5.19. The summed E-state index contributed by atoms with van der Waals surface area (Å²) in [6, 6.07) is 15.1. The van der Waals surface area contributed by atoms with Crippen molar-refractivity contribution in [2.75, 3.05) is 17.2 Å². The smallest absolute Gasteiger partial charge is 0.263 e. The Hall–Kier alpha value is -5.16. The van der Waals surface area contributed by atoms with Crippen LogP contribution in [0.25, 0.3) is 21.7 Å². The summed E-state index contributed by atoms with van der Waals surface area (Å²) in [6.45, 7) is 6.84. The predicted octanol–water partition coefficient (Wildman–Crippen LogP) is 6.53. The number of halogens is 2. The van der Waals surface area contributed by atoms with Crippen molar-refractivity contribution in [1.82, 2.24) is 25.0 Å². The lowest BCUT2D eigenvalue weighted by atomic mass is 9.96. The monoisotopic (exact) mass is 577 g/mol. The van der Waals surface area contributed by atoms with E-state index in [0.717, 1.165) is 16.3 Å². The number of anilines is 2. The number of benzene rings is 2.